The third-order valence-corrected chi connectivity index (χ3v) is 6.22. The number of anilines is 1. The van der Waals surface area contributed by atoms with Crippen molar-refractivity contribution in [3.63, 3.8) is 0 Å². The minimum absolute atomic E-state index is 0.00752. The molecule has 6 heteroatoms. The van der Waals surface area contributed by atoms with Crippen molar-refractivity contribution >= 4 is 17.4 Å². The predicted octanol–water partition coefficient (Wildman–Crippen LogP) is 4.19. The Balaban J connectivity index is 0.000000687. The second-order valence-electron chi connectivity index (χ2n) is 9.73. The fourth-order valence-electron chi connectivity index (χ4n) is 4.96. The Kier molecular flexibility index (Phi) is 6.78. The maximum Gasteiger partial charge on any atom is 0.300 e. The number of hydrogen-bond acceptors (Lipinski definition) is 5. The standard InChI is InChI=1S/C21H32N2O2.C2H4O2/c1-15-9-10-17-20(5,6)21(17,18(15)24)23(12-13-25-19(2,3)4)16-8-7-11-22-14-16;1-2(3)4/h7-8,11,14-15,17H,9-10,12-13H2,1-6H3;1H3,(H,3,4). The van der Waals surface area contributed by atoms with Gasteiger partial charge in [-0.25, -0.2) is 0 Å². The molecular weight excluding hydrogens is 368 g/mol. The Labute approximate surface area is 174 Å². The van der Waals surface area contributed by atoms with Gasteiger partial charge in [-0.05, 0) is 51.7 Å². The van der Waals surface area contributed by atoms with Crippen LogP contribution in [0, 0.1) is 17.3 Å². The quantitative estimate of drug-likeness (QED) is 0.793. The molecule has 0 spiro atoms. The van der Waals surface area contributed by atoms with Crippen LogP contribution in [0.5, 0.6) is 0 Å². The van der Waals surface area contributed by atoms with Crippen molar-refractivity contribution in [2.75, 3.05) is 18.1 Å². The third-order valence-electron chi connectivity index (χ3n) is 6.22. The lowest BCUT2D eigenvalue weighted by atomic mass is 9.83. The number of aliphatic carboxylic acids is 1. The Bertz CT molecular complexity index is 722. The molecule has 0 aliphatic heterocycles. The Morgan fingerprint density at radius 3 is 2.48 bits per heavy atom. The van der Waals surface area contributed by atoms with Gasteiger partial charge in [-0.15, -0.1) is 0 Å². The van der Waals surface area contributed by atoms with E-state index in [1.54, 1.807) is 6.20 Å². The van der Waals surface area contributed by atoms with Crippen molar-refractivity contribution in [2.45, 2.75) is 72.4 Å². The van der Waals surface area contributed by atoms with E-state index < -0.39 is 11.5 Å². The predicted molar refractivity (Wildman–Crippen MR) is 114 cm³/mol. The second kappa shape index (κ2) is 8.42. The van der Waals surface area contributed by atoms with Gasteiger partial charge in [0.05, 0.1) is 24.1 Å². The zero-order valence-electron chi connectivity index (χ0n) is 18.9. The smallest absolute Gasteiger partial charge is 0.300 e. The van der Waals surface area contributed by atoms with Crippen LogP contribution in [-0.4, -0.2) is 46.1 Å². The van der Waals surface area contributed by atoms with E-state index in [2.05, 4.69) is 57.5 Å². The summed E-state index contributed by atoms with van der Waals surface area (Å²) in [6, 6.07) is 4.02. The number of ketones is 1. The molecule has 0 aromatic carbocycles. The molecule has 3 rings (SSSR count). The van der Waals surface area contributed by atoms with Crippen LogP contribution in [-0.2, 0) is 14.3 Å². The average molecular weight is 405 g/mol. The molecule has 1 N–H and O–H groups in total. The number of aromatic nitrogens is 1. The monoisotopic (exact) mass is 404 g/mol. The van der Waals surface area contributed by atoms with Crippen molar-refractivity contribution in [3.05, 3.63) is 24.5 Å². The van der Waals surface area contributed by atoms with E-state index in [9.17, 15) is 4.79 Å². The first-order chi connectivity index (χ1) is 13.4. The number of pyridine rings is 1. The highest BCUT2D eigenvalue weighted by Gasteiger charge is 2.78. The fourth-order valence-corrected chi connectivity index (χ4v) is 4.96. The maximum atomic E-state index is 13.4. The first-order valence-electron chi connectivity index (χ1n) is 10.4. The molecule has 1 heterocycles. The number of nitrogens with zero attached hydrogens (tertiary/aromatic N) is 2. The minimum atomic E-state index is -0.833. The van der Waals surface area contributed by atoms with Gasteiger partial charge in [0, 0.05) is 31.0 Å². The number of carbonyl (C=O) groups excluding carboxylic acids is 1. The number of fused-ring (bicyclic) bond motifs is 1. The molecule has 29 heavy (non-hydrogen) atoms. The summed E-state index contributed by atoms with van der Waals surface area (Å²) >= 11 is 0. The molecule has 2 aliphatic carbocycles. The molecular formula is C23H36N2O4. The van der Waals surface area contributed by atoms with Crippen molar-refractivity contribution in [2.24, 2.45) is 17.3 Å². The maximum absolute atomic E-state index is 13.4. The van der Waals surface area contributed by atoms with Crippen LogP contribution < -0.4 is 4.90 Å². The molecule has 0 amide bonds. The molecule has 2 aliphatic rings. The van der Waals surface area contributed by atoms with Gasteiger partial charge >= 0.3 is 0 Å². The molecule has 2 saturated carbocycles. The van der Waals surface area contributed by atoms with Crippen LogP contribution in [0.4, 0.5) is 5.69 Å². The lowest BCUT2D eigenvalue weighted by molar-refractivity contribution is -0.134. The summed E-state index contributed by atoms with van der Waals surface area (Å²) in [5, 5.41) is 7.42. The van der Waals surface area contributed by atoms with E-state index in [0.29, 0.717) is 24.9 Å². The van der Waals surface area contributed by atoms with Gasteiger partial charge in [-0.2, -0.15) is 0 Å². The lowest BCUT2D eigenvalue weighted by Gasteiger charge is -2.39. The SMILES string of the molecule is CC(=O)O.CC1CCC2C(C)(C)C2(N(CCOC(C)(C)C)c2cccnc2)C1=O. The molecule has 1 aromatic rings. The summed E-state index contributed by atoms with van der Waals surface area (Å²) in [5.41, 5.74) is 0.431. The molecule has 0 saturated heterocycles. The molecule has 162 valence electrons. The van der Waals surface area contributed by atoms with Crippen molar-refractivity contribution in [3.8, 4) is 0 Å². The van der Waals surface area contributed by atoms with Crippen molar-refractivity contribution in [1.29, 1.82) is 0 Å². The van der Waals surface area contributed by atoms with Crippen LogP contribution in [0.1, 0.15) is 61.3 Å². The van der Waals surface area contributed by atoms with Crippen molar-refractivity contribution in [1.82, 2.24) is 4.98 Å². The Morgan fingerprint density at radius 2 is 1.97 bits per heavy atom. The average Bonchev–Trinajstić information content (AvgIpc) is 3.11. The third kappa shape index (κ3) is 4.63. The molecule has 2 fully saturated rings. The summed E-state index contributed by atoms with van der Waals surface area (Å²) in [6.07, 6.45) is 5.79. The van der Waals surface area contributed by atoms with Crippen LogP contribution in [0.3, 0.4) is 0 Å². The van der Waals surface area contributed by atoms with Crippen molar-refractivity contribution < 1.29 is 19.4 Å². The number of carboxylic acids is 1. The van der Waals surface area contributed by atoms with E-state index in [1.807, 2.05) is 12.3 Å². The normalized spacial score (nSPS) is 27.3. The summed E-state index contributed by atoms with van der Waals surface area (Å²) in [7, 11) is 0. The first-order valence-corrected chi connectivity index (χ1v) is 10.4. The van der Waals surface area contributed by atoms with Gasteiger partial charge in [0.1, 0.15) is 5.54 Å². The Morgan fingerprint density at radius 1 is 1.34 bits per heavy atom. The van der Waals surface area contributed by atoms with Crippen LogP contribution in [0.15, 0.2) is 24.5 Å². The first kappa shape index (κ1) is 23.3. The Hall–Kier alpha value is -1.95. The highest BCUT2D eigenvalue weighted by atomic mass is 16.5. The molecule has 3 atom stereocenters. The molecule has 0 radical (unpaired) electrons. The summed E-state index contributed by atoms with van der Waals surface area (Å²) in [6.45, 7) is 15.2. The largest absolute Gasteiger partial charge is 0.481 e. The number of rotatable bonds is 5. The van der Waals surface area contributed by atoms with Crippen LogP contribution in [0.2, 0.25) is 0 Å². The summed E-state index contributed by atoms with van der Waals surface area (Å²) < 4.78 is 5.99. The fraction of sp³-hybridized carbons (Fsp3) is 0.696. The van der Waals surface area contributed by atoms with E-state index in [0.717, 1.165) is 25.5 Å². The molecule has 6 nitrogen and oxygen atoms in total. The summed E-state index contributed by atoms with van der Waals surface area (Å²) in [5.74, 6) is 0.104. The number of carboxylic acid groups (broad SMARTS) is 1. The topological polar surface area (TPSA) is 79.7 Å². The highest BCUT2D eigenvalue weighted by molar-refractivity contribution is 6.00. The van der Waals surface area contributed by atoms with Gasteiger partial charge in [0.15, 0.2) is 5.78 Å². The summed E-state index contributed by atoms with van der Waals surface area (Å²) in [4.78, 5) is 29.0. The molecule has 0 bridgehead atoms. The van der Waals surface area contributed by atoms with E-state index >= 15 is 0 Å². The van der Waals surface area contributed by atoms with Crippen LogP contribution in [0.25, 0.3) is 0 Å². The molecule has 3 unspecified atom stereocenters. The zero-order chi connectivity index (χ0) is 22.0. The van der Waals surface area contributed by atoms with Gasteiger partial charge < -0.3 is 14.7 Å². The number of carbonyl (C=O) groups is 2. The van der Waals surface area contributed by atoms with E-state index in [-0.39, 0.29) is 16.9 Å². The van der Waals surface area contributed by atoms with Gasteiger partial charge in [-0.1, -0.05) is 20.8 Å². The van der Waals surface area contributed by atoms with Gasteiger partial charge in [-0.3, -0.25) is 14.6 Å². The minimum Gasteiger partial charge on any atom is -0.481 e. The second-order valence-corrected chi connectivity index (χ2v) is 9.73. The lowest BCUT2D eigenvalue weighted by Crippen LogP contribution is -2.53. The van der Waals surface area contributed by atoms with Gasteiger partial charge in [0.2, 0.25) is 0 Å². The van der Waals surface area contributed by atoms with Crippen LogP contribution >= 0.6 is 0 Å². The molecule has 1 aromatic heterocycles. The van der Waals surface area contributed by atoms with E-state index in [1.165, 1.54) is 0 Å². The van der Waals surface area contributed by atoms with E-state index in [4.69, 9.17) is 14.6 Å². The number of Topliss-reactive ketones (excluding diaryl/α,β-unsaturated/α-hetero) is 1. The zero-order valence-corrected chi connectivity index (χ0v) is 18.9. The van der Waals surface area contributed by atoms with Gasteiger partial charge in [0.25, 0.3) is 5.97 Å². The number of ether oxygens (including phenoxy) is 1. The highest BCUT2D eigenvalue weighted by Crippen LogP contribution is 2.70. The number of hydrogen-bond donors (Lipinski definition) is 1.